The standard InChI is InChI=1S/C45H31N7/c1-52-50-44-42-40(30-18-10-4-11-19-30)36-26-24-34(47-36)38(28-14-6-2-7-15-28)32-22-23-33(46-32)39(29-16-8-3-9-17-29)35-25-27-37(48-35)41(31-20-12-5-13-21-31)43(49-42)45(44)51-52/h2-27,47-48H,1H3. The summed E-state index contributed by atoms with van der Waals surface area (Å²) in [4.78, 5) is 20.1. The zero-order valence-electron chi connectivity index (χ0n) is 28.2. The van der Waals surface area contributed by atoms with Gasteiger partial charge >= 0.3 is 0 Å². The van der Waals surface area contributed by atoms with Crippen LogP contribution in [0.15, 0.2) is 146 Å². The van der Waals surface area contributed by atoms with E-state index in [1.54, 1.807) is 4.80 Å². The molecule has 0 saturated carbocycles. The maximum Gasteiger partial charge on any atom is 0.141 e. The molecule has 10 rings (SSSR count). The van der Waals surface area contributed by atoms with Gasteiger partial charge in [0.25, 0.3) is 0 Å². The third-order valence-corrected chi connectivity index (χ3v) is 9.71. The Labute approximate surface area is 299 Å². The van der Waals surface area contributed by atoms with E-state index in [2.05, 4.69) is 143 Å². The minimum absolute atomic E-state index is 0.739. The highest BCUT2D eigenvalue weighted by atomic mass is 15.5. The predicted octanol–water partition coefficient (Wildman–Crippen LogP) is 10.6. The van der Waals surface area contributed by atoms with Crippen LogP contribution in [0.25, 0.3) is 102 Å². The van der Waals surface area contributed by atoms with Crippen LogP contribution in [-0.2, 0) is 7.05 Å². The number of hydrogen-bond acceptors (Lipinski definition) is 4. The van der Waals surface area contributed by atoms with E-state index in [1.807, 2.05) is 31.3 Å². The number of rotatable bonds is 4. The Kier molecular flexibility index (Phi) is 6.89. The molecule has 0 amide bonds. The van der Waals surface area contributed by atoms with Crippen molar-refractivity contribution in [3.8, 4) is 67.3 Å². The largest absolute Gasteiger partial charge is 0.354 e. The summed E-state index contributed by atoms with van der Waals surface area (Å²) in [6.45, 7) is 0. The number of H-pyrrole nitrogens is 2. The van der Waals surface area contributed by atoms with Crippen molar-refractivity contribution in [1.29, 1.82) is 0 Å². The molecule has 2 aliphatic rings. The molecule has 4 aromatic carbocycles. The number of nitrogens with zero attached hydrogens (tertiary/aromatic N) is 5. The molecule has 0 spiro atoms. The molecule has 8 aromatic rings. The SMILES string of the molecule is Cn1nc2c(n1)-c1nc-2c(-c2ccccc2)c2ccc([nH]2)c(-c2ccccc2)c2nc(c(-c3ccccc3)c3ccc([nH]3)c1-c1ccccc1)C=C2. The molecule has 52 heavy (non-hydrogen) atoms. The van der Waals surface area contributed by atoms with Gasteiger partial charge in [-0.25, -0.2) is 9.97 Å². The van der Waals surface area contributed by atoms with Crippen molar-refractivity contribution in [3.05, 3.63) is 157 Å². The first-order valence-electron chi connectivity index (χ1n) is 17.3. The maximum absolute atomic E-state index is 5.49. The number of aryl methyl sites for hydroxylation is 1. The Morgan fingerprint density at radius 2 is 0.692 bits per heavy atom. The number of aromatic nitrogens is 7. The maximum atomic E-state index is 5.49. The number of nitrogens with one attached hydrogen (secondary N) is 2. The molecule has 0 fully saturated rings. The monoisotopic (exact) mass is 669 g/mol. The molecule has 0 atom stereocenters. The van der Waals surface area contributed by atoms with Gasteiger partial charge in [0.2, 0.25) is 0 Å². The van der Waals surface area contributed by atoms with E-state index in [0.29, 0.717) is 0 Å². The van der Waals surface area contributed by atoms with Crippen molar-refractivity contribution in [2.24, 2.45) is 7.05 Å². The highest BCUT2D eigenvalue weighted by Crippen LogP contribution is 2.45. The Bertz CT molecular complexity index is 2640. The van der Waals surface area contributed by atoms with Crippen LogP contribution in [0.1, 0.15) is 11.4 Å². The minimum Gasteiger partial charge on any atom is -0.354 e. The van der Waals surface area contributed by atoms with Crippen molar-refractivity contribution < 1.29 is 0 Å². The van der Waals surface area contributed by atoms with E-state index in [-0.39, 0.29) is 0 Å². The van der Waals surface area contributed by atoms with E-state index in [0.717, 1.165) is 101 Å². The van der Waals surface area contributed by atoms with E-state index < -0.39 is 0 Å². The molecule has 2 aliphatic heterocycles. The molecule has 4 aromatic heterocycles. The number of aromatic amines is 2. The molecule has 246 valence electrons. The van der Waals surface area contributed by atoms with Crippen molar-refractivity contribution in [2.75, 3.05) is 0 Å². The summed E-state index contributed by atoms with van der Waals surface area (Å²) in [6, 6.07) is 50.3. The molecule has 7 nitrogen and oxygen atoms in total. The van der Waals surface area contributed by atoms with Crippen LogP contribution in [0.5, 0.6) is 0 Å². The third-order valence-electron chi connectivity index (χ3n) is 9.71. The van der Waals surface area contributed by atoms with Gasteiger partial charge in [0.05, 0.1) is 11.4 Å². The van der Waals surface area contributed by atoms with Gasteiger partial charge in [-0.1, -0.05) is 121 Å². The zero-order valence-corrected chi connectivity index (χ0v) is 28.2. The summed E-state index contributed by atoms with van der Waals surface area (Å²) in [5.74, 6) is 0. The van der Waals surface area contributed by atoms with Gasteiger partial charge in [-0.15, -0.1) is 0 Å². The van der Waals surface area contributed by atoms with Crippen LogP contribution in [0.2, 0.25) is 0 Å². The van der Waals surface area contributed by atoms with Crippen LogP contribution in [-0.4, -0.2) is 34.9 Å². The number of fused-ring (bicyclic) bond motifs is 11. The molecule has 6 heterocycles. The molecular formula is C45H31N7. The van der Waals surface area contributed by atoms with E-state index in [9.17, 15) is 0 Å². The lowest BCUT2D eigenvalue weighted by molar-refractivity contribution is 0.655. The lowest BCUT2D eigenvalue weighted by atomic mass is 10.0. The van der Waals surface area contributed by atoms with Gasteiger partial charge in [-0.3, -0.25) is 0 Å². The normalized spacial score (nSPS) is 11.9. The van der Waals surface area contributed by atoms with Crippen LogP contribution in [0, 0.1) is 0 Å². The first kappa shape index (κ1) is 29.8. The van der Waals surface area contributed by atoms with Gasteiger partial charge in [0.1, 0.15) is 22.8 Å². The van der Waals surface area contributed by atoms with Gasteiger partial charge in [-0.05, 0) is 58.7 Å². The summed E-state index contributed by atoms with van der Waals surface area (Å²) < 4.78 is 0. The van der Waals surface area contributed by atoms with Gasteiger partial charge in [0.15, 0.2) is 0 Å². The minimum atomic E-state index is 0.739. The van der Waals surface area contributed by atoms with Gasteiger partial charge in [0, 0.05) is 51.4 Å². The topological polar surface area (TPSA) is 88.1 Å². The Balaban J connectivity index is 1.45. The number of hydrogen-bond donors (Lipinski definition) is 2. The van der Waals surface area contributed by atoms with Crippen LogP contribution in [0.3, 0.4) is 0 Å². The predicted molar refractivity (Wildman–Crippen MR) is 211 cm³/mol. The third kappa shape index (κ3) is 4.90. The fourth-order valence-corrected chi connectivity index (χ4v) is 7.45. The van der Waals surface area contributed by atoms with Crippen LogP contribution < -0.4 is 0 Å². The van der Waals surface area contributed by atoms with Crippen molar-refractivity contribution in [2.45, 2.75) is 0 Å². The molecule has 8 bridgehead atoms. The molecule has 0 saturated heterocycles. The van der Waals surface area contributed by atoms with Gasteiger partial charge in [-0.2, -0.15) is 15.0 Å². The summed E-state index contributed by atoms with van der Waals surface area (Å²) in [5.41, 5.74) is 16.6. The average molecular weight is 670 g/mol. The lowest BCUT2D eigenvalue weighted by Gasteiger charge is -2.07. The van der Waals surface area contributed by atoms with E-state index in [1.165, 1.54) is 0 Å². The van der Waals surface area contributed by atoms with Crippen LogP contribution >= 0.6 is 0 Å². The molecule has 7 heteroatoms. The molecule has 2 N–H and O–H groups in total. The highest BCUT2D eigenvalue weighted by molar-refractivity contribution is 6.03. The highest BCUT2D eigenvalue weighted by Gasteiger charge is 2.29. The summed E-state index contributed by atoms with van der Waals surface area (Å²) >= 11 is 0. The quantitative estimate of drug-likeness (QED) is 0.195. The van der Waals surface area contributed by atoms with E-state index in [4.69, 9.17) is 20.2 Å². The Hall–Kier alpha value is -7.12. The van der Waals surface area contributed by atoms with E-state index >= 15 is 0 Å². The first-order chi connectivity index (χ1) is 25.7. The second kappa shape index (κ2) is 12.0. The Morgan fingerprint density at radius 1 is 0.365 bits per heavy atom. The molecule has 0 radical (unpaired) electrons. The van der Waals surface area contributed by atoms with Crippen molar-refractivity contribution in [3.63, 3.8) is 0 Å². The Morgan fingerprint density at radius 3 is 1.06 bits per heavy atom. The number of benzene rings is 4. The fraction of sp³-hybridized carbons (Fsp3) is 0.0222. The average Bonchev–Trinajstić information content (AvgIpc) is 4.04. The lowest BCUT2D eigenvalue weighted by Crippen LogP contribution is -1.95. The molecular weight excluding hydrogens is 639 g/mol. The zero-order chi connectivity index (χ0) is 34.6. The first-order valence-corrected chi connectivity index (χ1v) is 17.3. The molecule has 0 unspecified atom stereocenters. The van der Waals surface area contributed by atoms with Crippen molar-refractivity contribution >= 4 is 34.2 Å². The second-order valence-electron chi connectivity index (χ2n) is 12.9. The summed E-state index contributed by atoms with van der Waals surface area (Å²) in [7, 11) is 1.87. The summed E-state index contributed by atoms with van der Waals surface area (Å²) in [6.07, 6.45) is 4.25. The second-order valence-corrected chi connectivity index (χ2v) is 12.9. The molecule has 0 aliphatic carbocycles. The van der Waals surface area contributed by atoms with Crippen LogP contribution in [0.4, 0.5) is 0 Å². The summed E-state index contributed by atoms with van der Waals surface area (Å²) in [5, 5.41) is 9.88. The van der Waals surface area contributed by atoms with Crippen molar-refractivity contribution in [1.82, 2.24) is 34.9 Å². The van der Waals surface area contributed by atoms with Gasteiger partial charge < -0.3 is 9.97 Å². The smallest absolute Gasteiger partial charge is 0.141 e. The fourth-order valence-electron chi connectivity index (χ4n) is 7.45.